The SMILES string of the molecule is CCOC(=O)CCc1ccc(Oc2cc(F)cc(C(C)NC(=O)c3ccc(C(F)(F)F)cc3C)c2)cc1CC.Cc1cc(C(F)(F)F)ccc1C(=O)O. The molecule has 1 amide bonds. The van der Waals surface area contributed by atoms with E-state index in [1.54, 1.807) is 26.0 Å². The van der Waals surface area contributed by atoms with Crippen molar-refractivity contribution in [3.05, 3.63) is 129 Å². The van der Waals surface area contributed by atoms with E-state index < -0.39 is 47.2 Å². The summed E-state index contributed by atoms with van der Waals surface area (Å²) in [6.07, 6.45) is -7.43. The summed E-state index contributed by atoms with van der Waals surface area (Å²) in [6, 6.07) is 14.3. The number of halogens is 7. The van der Waals surface area contributed by atoms with Gasteiger partial charge in [-0.2, -0.15) is 26.3 Å². The van der Waals surface area contributed by atoms with Crippen LogP contribution in [0.5, 0.6) is 11.5 Å². The van der Waals surface area contributed by atoms with Crippen LogP contribution in [0.25, 0.3) is 0 Å². The molecule has 0 aliphatic rings. The maximum absolute atomic E-state index is 14.5. The molecule has 0 heterocycles. The molecule has 53 heavy (non-hydrogen) atoms. The van der Waals surface area contributed by atoms with E-state index in [0.29, 0.717) is 30.8 Å². The lowest BCUT2D eigenvalue weighted by atomic mass is 10.0. The molecule has 0 fully saturated rings. The Morgan fingerprint density at radius 3 is 1.85 bits per heavy atom. The summed E-state index contributed by atoms with van der Waals surface area (Å²) >= 11 is 0. The molecule has 4 aromatic rings. The Morgan fingerprint density at radius 1 is 0.755 bits per heavy atom. The maximum atomic E-state index is 14.5. The number of carboxylic acid groups (broad SMARTS) is 1. The van der Waals surface area contributed by atoms with Crippen molar-refractivity contribution in [3.63, 3.8) is 0 Å². The Labute approximate surface area is 301 Å². The average Bonchev–Trinajstić information content (AvgIpc) is 3.06. The molecule has 0 spiro atoms. The predicted octanol–water partition coefficient (Wildman–Crippen LogP) is 10.2. The van der Waals surface area contributed by atoms with Crippen LogP contribution in [-0.2, 0) is 34.7 Å². The summed E-state index contributed by atoms with van der Waals surface area (Å²) in [5.41, 5.74) is 0.992. The summed E-state index contributed by atoms with van der Waals surface area (Å²) in [5.74, 6) is -1.93. The second-order valence-electron chi connectivity index (χ2n) is 12.0. The van der Waals surface area contributed by atoms with E-state index >= 15 is 0 Å². The number of benzene rings is 4. The third-order valence-corrected chi connectivity index (χ3v) is 8.02. The van der Waals surface area contributed by atoms with E-state index in [4.69, 9.17) is 14.6 Å². The largest absolute Gasteiger partial charge is 0.478 e. The molecule has 0 aliphatic heterocycles. The monoisotopic (exact) mass is 749 g/mol. The Morgan fingerprint density at radius 2 is 1.34 bits per heavy atom. The number of rotatable bonds is 11. The van der Waals surface area contributed by atoms with Crippen LogP contribution in [0.3, 0.4) is 0 Å². The fraction of sp³-hybridized carbons (Fsp3) is 0.308. The minimum atomic E-state index is -4.51. The van der Waals surface area contributed by atoms with Gasteiger partial charge < -0.3 is 19.9 Å². The molecule has 14 heteroatoms. The van der Waals surface area contributed by atoms with Crippen LogP contribution in [-0.4, -0.2) is 29.6 Å². The van der Waals surface area contributed by atoms with Crippen LogP contribution in [0.2, 0.25) is 0 Å². The number of alkyl halides is 6. The highest BCUT2D eigenvalue weighted by Crippen LogP contribution is 2.32. The smallest absolute Gasteiger partial charge is 0.416 e. The number of nitrogens with one attached hydrogen (secondary N) is 1. The molecule has 1 unspecified atom stereocenters. The molecule has 4 aromatic carbocycles. The highest BCUT2D eigenvalue weighted by atomic mass is 19.4. The number of esters is 1. The molecule has 0 radical (unpaired) electrons. The molecular formula is C39H38F7NO6. The lowest BCUT2D eigenvalue weighted by molar-refractivity contribution is -0.143. The molecule has 2 N–H and O–H groups in total. The molecule has 284 valence electrons. The van der Waals surface area contributed by atoms with E-state index in [1.807, 2.05) is 19.1 Å². The van der Waals surface area contributed by atoms with Crippen molar-refractivity contribution in [2.75, 3.05) is 6.61 Å². The first-order valence-electron chi connectivity index (χ1n) is 16.4. The minimum Gasteiger partial charge on any atom is -0.478 e. The van der Waals surface area contributed by atoms with Gasteiger partial charge in [0.1, 0.15) is 17.3 Å². The van der Waals surface area contributed by atoms with Gasteiger partial charge in [-0.1, -0.05) is 13.0 Å². The molecule has 4 rings (SSSR count). The number of carbonyl (C=O) groups is 3. The van der Waals surface area contributed by atoms with Gasteiger partial charge in [0.05, 0.1) is 29.3 Å². The number of hydrogen-bond acceptors (Lipinski definition) is 5. The van der Waals surface area contributed by atoms with Gasteiger partial charge in [-0.05, 0) is 129 Å². The van der Waals surface area contributed by atoms with Crippen LogP contribution >= 0.6 is 0 Å². The average molecular weight is 750 g/mol. The van der Waals surface area contributed by atoms with Crippen molar-refractivity contribution < 1.29 is 59.7 Å². The lowest BCUT2D eigenvalue weighted by Crippen LogP contribution is -2.27. The second-order valence-corrected chi connectivity index (χ2v) is 12.0. The van der Waals surface area contributed by atoms with Crippen LogP contribution in [0.1, 0.15) is 92.9 Å². The zero-order valence-corrected chi connectivity index (χ0v) is 29.5. The zero-order valence-electron chi connectivity index (χ0n) is 29.5. The van der Waals surface area contributed by atoms with Crippen molar-refractivity contribution in [2.45, 2.75) is 72.3 Å². The maximum Gasteiger partial charge on any atom is 0.416 e. The van der Waals surface area contributed by atoms with Crippen molar-refractivity contribution in [1.82, 2.24) is 5.32 Å². The van der Waals surface area contributed by atoms with Crippen LogP contribution in [0.15, 0.2) is 72.8 Å². The first kappa shape index (κ1) is 42.0. The summed E-state index contributed by atoms with van der Waals surface area (Å²) in [6.45, 7) is 8.47. The number of hydrogen-bond donors (Lipinski definition) is 2. The fourth-order valence-electron chi connectivity index (χ4n) is 5.27. The number of carbonyl (C=O) groups excluding carboxylic acids is 2. The Bertz CT molecular complexity index is 1940. The fourth-order valence-corrected chi connectivity index (χ4v) is 5.27. The first-order chi connectivity index (χ1) is 24.7. The van der Waals surface area contributed by atoms with Gasteiger partial charge in [0.15, 0.2) is 0 Å². The number of carboxylic acids is 1. The van der Waals surface area contributed by atoms with E-state index in [2.05, 4.69) is 5.32 Å². The van der Waals surface area contributed by atoms with E-state index in [9.17, 15) is 45.1 Å². The van der Waals surface area contributed by atoms with E-state index in [1.165, 1.54) is 26.0 Å². The van der Waals surface area contributed by atoms with Crippen LogP contribution in [0.4, 0.5) is 30.7 Å². The summed E-state index contributed by atoms with van der Waals surface area (Å²) in [4.78, 5) is 35.0. The van der Waals surface area contributed by atoms with Gasteiger partial charge in [-0.25, -0.2) is 9.18 Å². The van der Waals surface area contributed by atoms with Gasteiger partial charge in [-0.3, -0.25) is 9.59 Å². The van der Waals surface area contributed by atoms with Gasteiger partial charge >= 0.3 is 24.3 Å². The van der Waals surface area contributed by atoms with Gasteiger partial charge in [0, 0.05) is 18.1 Å². The van der Waals surface area contributed by atoms with Gasteiger partial charge in [0.25, 0.3) is 5.91 Å². The lowest BCUT2D eigenvalue weighted by Gasteiger charge is -2.18. The highest BCUT2D eigenvalue weighted by Gasteiger charge is 2.32. The third kappa shape index (κ3) is 12.1. The zero-order chi connectivity index (χ0) is 39.7. The summed E-state index contributed by atoms with van der Waals surface area (Å²) in [7, 11) is 0. The highest BCUT2D eigenvalue weighted by molar-refractivity contribution is 5.96. The van der Waals surface area contributed by atoms with Crippen LogP contribution in [0, 0.1) is 19.7 Å². The summed E-state index contributed by atoms with van der Waals surface area (Å²) in [5, 5.41) is 11.3. The number of aromatic carboxylic acids is 1. The quantitative estimate of drug-likeness (QED) is 0.117. The molecule has 0 aromatic heterocycles. The molecule has 0 saturated carbocycles. The van der Waals surface area contributed by atoms with Crippen LogP contribution < -0.4 is 10.1 Å². The third-order valence-electron chi connectivity index (χ3n) is 8.02. The van der Waals surface area contributed by atoms with E-state index in [0.717, 1.165) is 47.5 Å². The molecule has 0 saturated heterocycles. The second kappa shape index (κ2) is 17.9. The molecule has 1 atom stereocenters. The normalized spacial score (nSPS) is 11.9. The van der Waals surface area contributed by atoms with Gasteiger partial charge in [-0.15, -0.1) is 0 Å². The molecule has 0 aliphatic carbocycles. The Balaban J connectivity index is 0.000000452. The summed E-state index contributed by atoms with van der Waals surface area (Å²) < 4.78 is 101. The number of aryl methyl sites for hydroxylation is 4. The molecule has 7 nitrogen and oxygen atoms in total. The van der Waals surface area contributed by atoms with Gasteiger partial charge in [0.2, 0.25) is 0 Å². The molecular weight excluding hydrogens is 711 g/mol. The Kier molecular flexibility index (Phi) is 14.2. The van der Waals surface area contributed by atoms with Crippen molar-refractivity contribution in [1.29, 1.82) is 0 Å². The number of ether oxygens (including phenoxy) is 2. The predicted molar refractivity (Wildman–Crippen MR) is 182 cm³/mol. The Hall–Kier alpha value is -5.40. The first-order valence-corrected chi connectivity index (χ1v) is 16.4. The number of amides is 1. The van der Waals surface area contributed by atoms with Crippen molar-refractivity contribution >= 4 is 17.8 Å². The minimum absolute atomic E-state index is 0.0952. The molecule has 0 bridgehead atoms. The van der Waals surface area contributed by atoms with Crippen molar-refractivity contribution in [3.8, 4) is 11.5 Å². The topological polar surface area (TPSA) is 102 Å². The van der Waals surface area contributed by atoms with E-state index in [-0.39, 0.29) is 40.4 Å². The standard InChI is InChI=1S/C30H31F4NO4.C9H7F3O2/c1-5-20-15-25(10-7-21(20)8-12-28(36)38-6-2)39-26-16-22(14-24(31)17-26)19(4)35-29(37)27-11-9-23(13-18(27)3)30(32,33)34;1-5-4-6(9(10,11)12)2-3-7(5)8(13)14/h7,9-11,13-17,19H,5-6,8,12H2,1-4H3,(H,35,37);2-4H,1H3,(H,13,14). The van der Waals surface area contributed by atoms with Crippen molar-refractivity contribution in [2.24, 2.45) is 0 Å².